The smallest absolute Gasteiger partial charge is 0.120 e. The molecule has 118 valence electrons. The first-order valence-corrected chi connectivity index (χ1v) is 7.82. The molecule has 0 spiro atoms. The zero-order chi connectivity index (χ0) is 16.2. The van der Waals surface area contributed by atoms with Crippen molar-refractivity contribution >= 4 is 22.3 Å². The number of aryl methyl sites for hydroxylation is 1. The molecule has 3 rings (SSSR count). The zero-order valence-corrected chi connectivity index (χ0v) is 13.4. The SMILES string of the molecule is CCNCc1cc(Nc2ccnc3cc(C)ccc23)ccc1O. The molecule has 3 N–H and O–H groups in total. The van der Waals surface area contributed by atoms with Gasteiger partial charge in [0.1, 0.15) is 5.75 Å². The first-order valence-electron chi connectivity index (χ1n) is 7.82. The lowest BCUT2D eigenvalue weighted by Crippen LogP contribution is -2.11. The maximum Gasteiger partial charge on any atom is 0.120 e. The van der Waals surface area contributed by atoms with E-state index in [1.165, 1.54) is 5.56 Å². The molecule has 2 aromatic carbocycles. The van der Waals surface area contributed by atoms with Gasteiger partial charge in [-0.05, 0) is 49.4 Å². The van der Waals surface area contributed by atoms with Crippen LogP contribution >= 0.6 is 0 Å². The van der Waals surface area contributed by atoms with E-state index in [-0.39, 0.29) is 0 Å². The second-order valence-corrected chi connectivity index (χ2v) is 5.63. The maximum atomic E-state index is 9.95. The molecular weight excluding hydrogens is 286 g/mol. The van der Waals surface area contributed by atoms with E-state index in [0.29, 0.717) is 12.3 Å². The molecule has 0 saturated carbocycles. The van der Waals surface area contributed by atoms with E-state index < -0.39 is 0 Å². The van der Waals surface area contributed by atoms with Gasteiger partial charge in [0.05, 0.1) is 5.52 Å². The van der Waals surface area contributed by atoms with Crippen LogP contribution in [0.5, 0.6) is 5.75 Å². The van der Waals surface area contributed by atoms with Crippen molar-refractivity contribution in [3.05, 3.63) is 59.8 Å². The molecule has 1 aromatic heterocycles. The largest absolute Gasteiger partial charge is 0.508 e. The van der Waals surface area contributed by atoms with E-state index in [2.05, 4.69) is 40.7 Å². The average Bonchev–Trinajstić information content (AvgIpc) is 2.55. The van der Waals surface area contributed by atoms with Gasteiger partial charge >= 0.3 is 0 Å². The Morgan fingerprint density at radius 1 is 1.09 bits per heavy atom. The van der Waals surface area contributed by atoms with Gasteiger partial charge in [-0.2, -0.15) is 0 Å². The molecule has 0 unspecified atom stereocenters. The van der Waals surface area contributed by atoms with Crippen molar-refractivity contribution in [1.29, 1.82) is 0 Å². The molecular formula is C19H21N3O. The number of nitrogens with one attached hydrogen (secondary N) is 2. The molecule has 0 aliphatic carbocycles. The van der Waals surface area contributed by atoms with Crippen LogP contribution in [0.2, 0.25) is 0 Å². The number of benzene rings is 2. The van der Waals surface area contributed by atoms with Crippen LogP contribution in [0.1, 0.15) is 18.1 Å². The van der Waals surface area contributed by atoms with Crippen LogP contribution in [0, 0.1) is 6.92 Å². The predicted molar refractivity (Wildman–Crippen MR) is 95.3 cm³/mol. The molecule has 0 atom stereocenters. The fraction of sp³-hybridized carbons (Fsp3) is 0.211. The number of aromatic hydroxyl groups is 1. The lowest BCUT2D eigenvalue weighted by molar-refractivity contribution is 0.465. The summed E-state index contributed by atoms with van der Waals surface area (Å²) in [4.78, 5) is 4.43. The Morgan fingerprint density at radius 2 is 1.96 bits per heavy atom. The zero-order valence-electron chi connectivity index (χ0n) is 13.4. The van der Waals surface area contributed by atoms with Gasteiger partial charge in [0.25, 0.3) is 0 Å². The third-order valence-electron chi connectivity index (χ3n) is 3.82. The summed E-state index contributed by atoms with van der Waals surface area (Å²) in [7, 11) is 0. The summed E-state index contributed by atoms with van der Waals surface area (Å²) in [5.74, 6) is 0.312. The molecule has 0 saturated heterocycles. The molecule has 0 aliphatic rings. The van der Waals surface area contributed by atoms with E-state index in [1.807, 2.05) is 31.3 Å². The molecule has 4 nitrogen and oxygen atoms in total. The Morgan fingerprint density at radius 3 is 2.78 bits per heavy atom. The van der Waals surface area contributed by atoms with Crippen LogP contribution in [0.15, 0.2) is 48.7 Å². The molecule has 0 fully saturated rings. The third-order valence-corrected chi connectivity index (χ3v) is 3.82. The molecule has 3 aromatic rings. The van der Waals surface area contributed by atoms with Crippen LogP contribution < -0.4 is 10.6 Å². The third kappa shape index (κ3) is 3.43. The number of hydrogen-bond donors (Lipinski definition) is 3. The van der Waals surface area contributed by atoms with Crippen LogP contribution in [0.25, 0.3) is 10.9 Å². The van der Waals surface area contributed by atoms with Gasteiger partial charge in [0.15, 0.2) is 0 Å². The Bertz CT molecular complexity index is 830. The molecule has 23 heavy (non-hydrogen) atoms. The normalized spacial score (nSPS) is 10.9. The Hall–Kier alpha value is -2.59. The number of pyridine rings is 1. The highest BCUT2D eigenvalue weighted by atomic mass is 16.3. The standard InChI is InChI=1S/C19H21N3O/c1-3-20-12-14-11-15(5-7-19(14)23)22-17-8-9-21-18-10-13(2)4-6-16(17)18/h4-11,20,23H,3,12H2,1-2H3,(H,21,22). The van der Waals surface area contributed by atoms with Gasteiger partial charge in [0, 0.05) is 35.1 Å². The summed E-state index contributed by atoms with van der Waals surface area (Å²) in [6.07, 6.45) is 1.81. The molecule has 0 amide bonds. The highest BCUT2D eigenvalue weighted by Crippen LogP contribution is 2.28. The highest BCUT2D eigenvalue weighted by molar-refractivity contribution is 5.93. The summed E-state index contributed by atoms with van der Waals surface area (Å²) in [6, 6.07) is 13.8. The first-order chi connectivity index (χ1) is 11.2. The van der Waals surface area contributed by atoms with Gasteiger partial charge in [-0.1, -0.05) is 19.1 Å². The molecule has 4 heteroatoms. The van der Waals surface area contributed by atoms with Crippen LogP contribution in [0.4, 0.5) is 11.4 Å². The fourth-order valence-corrected chi connectivity index (χ4v) is 2.59. The summed E-state index contributed by atoms with van der Waals surface area (Å²) in [5.41, 5.74) is 5.01. The van der Waals surface area contributed by atoms with Gasteiger partial charge in [-0.3, -0.25) is 4.98 Å². The Kier molecular flexibility index (Phi) is 4.44. The number of rotatable bonds is 5. The second-order valence-electron chi connectivity index (χ2n) is 5.63. The maximum absolute atomic E-state index is 9.95. The van der Waals surface area contributed by atoms with Gasteiger partial charge in [-0.15, -0.1) is 0 Å². The van der Waals surface area contributed by atoms with Gasteiger partial charge < -0.3 is 15.7 Å². The summed E-state index contributed by atoms with van der Waals surface area (Å²) in [5, 5.41) is 17.7. The van der Waals surface area contributed by atoms with Crippen molar-refractivity contribution in [1.82, 2.24) is 10.3 Å². The van der Waals surface area contributed by atoms with E-state index in [9.17, 15) is 5.11 Å². The fourth-order valence-electron chi connectivity index (χ4n) is 2.59. The Balaban J connectivity index is 1.93. The first kappa shape index (κ1) is 15.3. The average molecular weight is 307 g/mol. The van der Waals surface area contributed by atoms with Crippen molar-refractivity contribution in [2.45, 2.75) is 20.4 Å². The number of hydrogen-bond acceptors (Lipinski definition) is 4. The van der Waals surface area contributed by atoms with Crippen molar-refractivity contribution in [3.63, 3.8) is 0 Å². The number of nitrogens with zero attached hydrogens (tertiary/aromatic N) is 1. The minimum atomic E-state index is 0.312. The quantitative estimate of drug-likeness (QED) is 0.621. The van der Waals surface area contributed by atoms with Crippen molar-refractivity contribution in [2.75, 3.05) is 11.9 Å². The number of aromatic nitrogens is 1. The van der Waals surface area contributed by atoms with Crippen LogP contribution in [0.3, 0.4) is 0 Å². The molecule has 0 bridgehead atoms. The summed E-state index contributed by atoms with van der Waals surface area (Å²) in [6.45, 7) is 5.62. The van der Waals surface area contributed by atoms with Crippen molar-refractivity contribution < 1.29 is 5.11 Å². The molecule has 0 aliphatic heterocycles. The second kappa shape index (κ2) is 6.67. The summed E-state index contributed by atoms with van der Waals surface area (Å²) < 4.78 is 0. The van der Waals surface area contributed by atoms with Gasteiger partial charge in [0.2, 0.25) is 0 Å². The lowest BCUT2D eigenvalue weighted by atomic mass is 10.1. The minimum Gasteiger partial charge on any atom is -0.508 e. The predicted octanol–water partition coefficient (Wildman–Crippen LogP) is 4.10. The number of phenolic OH excluding ortho intramolecular Hbond substituents is 1. The molecule has 1 heterocycles. The van der Waals surface area contributed by atoms with E-state index in [4.69, 9.17) is 0 Å². The number of phenols is 1. The number of fused-ring (bicyclic) bond motifs is 1. The van der Waals surface area contributed by atoms with E-state index in [1.54, 1.807) is 6.07 Å². The highest BCUT2D eigenvalue weighted by Gasteiger charge is 2.06. The monoisotopic (exact) mass is 307 g/mol. The lowest BCUT2D eigenvalue weighted by Gasteiger charge is -2.12. The molecule has 0 radical (unpaired) electrons. The van der Waals surface area contributed by atoms with Crippen molar-refractivity contribution in [3.8, 4) is 5.75 Å². The Labute approximate surface area is 136 Å². The topological polar surface area (TPSA) is 57.2 Å². The minimum absolute atomic E-state index is 0.312. The van der Waals surface area contributed by atoms with Crippen LogP contribution in [-0.2, 0) is 6.54 Å². The van der Waals surface area contributed by atoms with E-state index in [0.717, 1.165) is 34.4 Å². The number of anilines is 2. The van der Waals surface area contributed by atoms with Gasteiger partial charge in [-0.25, -0.2) is 0 Å². The van der Waals surface area contributed by atoms with E-state index >= 15 is 0 Å². The van der Waals surface area contributed by atoms with Crippen LogP contribution in [-0.4, -0.2) is 16.6 Å². The summed E-state index contributed by atoms with van der Waals surface area (Å²) >= 11 is 0. The van der Waals surface area contributed by atoms with Crippen molar-refractivity contribution in [2.24, 2.45) is 0 Å².